The van der Waals surface area contributed by atoms with Crippen molar-refractivity contribution >= 4 is 10.0 Å². The van der Waals surface area contributed by atoms with Crippen molar-refractivity contribution in [3.8, 4) is 0 Å². The standard InChI is InChI=1S/C13H19NO3S/c1-11-8-14(18(16,17)10-11)13(9-15)7-12-5-3-2-4-6-12/h2-6,11,13,15H,7-10H2,1H3/t11?,13-/m0/s1. The fourth-order valence-electron chi connectivity index (χ4n) is 2.45. The van der Waals surface area contributed by atoms with Crippen molar-refractivity contribution in [3.05, 3.63) is 35.9 Å². The summed E-state index contributed by atoms with van der Waals surface area (Å²) in [6.45, 7) is 2.30. The molecule has 1 heterocycles. The molecule has 1 aliphatic heterocycles. The predicted octanol–water partition coefficient (Wildman–Crippen LogP) is 0.871. The summed E-state index contributed by atoms with van der Waals surface area (Å²) in [7, 11) is -3.19. The van der Waals surface area contributed by atoms with Gasteiger partial charge in [0.25, 0.3) is 0 Å². The van der Waals surface area contributed by atoms with Crippen LogP contribution in [-0.4, -0.2) is 42.8 Å². The molecule has 18 heavy (non-hydrogen) atoms. The van der Waals surface area contributed by atoms with Crippen LogP contribution in [0.4, 0.5) is 0 Å². The molecule has 1 aromatic carbocycles. The Hall–Kier alpha value is -0.910. The first-order chi connectivity index (χ1) is 8.53. The Morgan fingerprint density at radius 2 is 2.06 bits per heavy atom. The van der Waals surface area contributed by atoms with Gasteiger partial charge in [-0.25, -0.2) is 8.42 Å². The molecule has 0 spiro atoms. The largest absolute Gasteiger partial charge is 0.395 e. The Kier molecular flexibility index (Phi) is 4.04. The van der Waals surface area contributed by atoms with Gasteiger partial charge in [-0.2, -0.15) is 4.31 Å². The van der Waals surface area contributed by atoms with E-state index < -0.39 is 10.0 Å². The summed E-state index contributed by atoms with van der Waals surface area (Å²) in [5, 5.41) is 9.46. The van der Waals surface area contributed by atoms with Crippen molar-refractivity contribution in [2.24, 2.45) is 5.92 Å². The predicted molar refractivity (Wildman–Crippen MR) is 70.7 cm³/mol. The second-order valence-corrected chi connectivity index (χ2v) is 6.95. The zero-order valence-electron chi connectivity index (χ0n) is 10.5. The van der Waals surface area contributed by atoms with Gasteiger partial charge in [0, 0.05) is 6.54 Å². The van der Waals surface area contributed by atoms with Gasteiger partial charge in [-0.1, -0.05) is 37.3 Å². The van der Waals surface area contributed by atoms with Crippen LogP contribution in [0.25, 0.3) is 0 Å². The summed E-state index contributed by atoms with van der Waals surface area (Å²) in [5.41, 5.74) is 1.05. The third-order valence-corrected chi connectivity index (χ3v) is 5.43. The highest BCUT2D eigenvalue weighted by Crippen LogP contribution is 2.23. The second-order valence-electron chi connectivity index (χ2n) is 4.98. The van der Waals surface area contributed by atoms with Crippen molar-refractivity contribution in [2.75, 3.05) is 18.9 Å². The molecule has 2 atom stereocenters. The molecule has 1 N–H and O–H groups in total. The molecule has 1 saturated heterocycles. The van der Waals surface area contributed by atoms with Gasteiger partial charge in [-0.3, -0.25) is 0 Å². The molecule has 0 aliphatic carbocycles. The van der Waals surface area contributed by atoms with E-state index in [2.05, 4.69) is 0 Å². The van der Waals surface area contributed by atoms with Crippen LogP contribution in [0.15, 0.2) is 30.3 Å². The number of hydrogen-bond donors (Lipinski definition) is 1. The fraction of sp³-hybridized carbons (Fsp3) is 0.538. The van der Waals surface area contributed by atoms with E-state index in [4.69, 9.17) is 0 Å². The van der Waals surface area contributed by atoms with Gasteiger partial charge >= 0.3 is 0 Å². The molecule has 1 aliphatic rings. The molecule has 100 valence electrons. The molecule has 0 bridgehead atoms. The fourth-order valence-corrected chi connectivity index (χ4v) is 4.54. The summed E-state index contributed by atoms with van der Waals surface area (Å²) in [6.07, 6.45) is 0.559. The van der Waals surface area contributed by atoms with Crippen molar-refractivity contribution in [2.45, 2.75) is 19.4 Å². The number of sulfonamides is 1. The highest BCUT2D eigenvalue weighted by molar-refractivity contribution is 7.89. The zero-order valence-corrected chi connectivity index (χ0v) is 11.3. The first kappa shape index (κ1) is 13.5. The van der Waals surface area contributed by atoms with Gasteiger partial charge in [0.2, 0.25) is 10.0 Å². The lowest BCUT2D eigenvalue weighted by molar-refractivity contribution is 0.187. The molecule has 0 aromatic heterocycles. The third-order valence-electron chi connectivity index (χ3n) is 3.28. The van der Waals surface area contributed by atoms with Crippen molar-refractivity contribution in [3.63, 3.8) is 0 Å². The molecule has 1 aromatic rings. The molecule has 0 amide bonds. The number of aliphatic hydroxyl groups is 1. The van der Waals surface area contributed by atoms with E-state index >= 15 is 0 Å². The SMILES string of the molecule is CC1CN([C@H](CO)Cc2ccccc2)S(=O)(=O)C1. The molecular formula is C13H19NO3S. The molecule has 1 fully saturated rings. The minimum Gasteiger partial charge on any atom is -0.395 e. The molecule has 2 rings (SSSR count). The minimum atomic E-state index is -3.19. The Morgan fingerprint density at radius 1 is 1.39 bits per heavy atom. The van der Waals surface area contributed by atoms with Gasteiger partial charge in [0.05, 0.1) is 18.4 Å². The maximum absolute atomic E-state index is 12.0. The van der Waals surface area contributed by atoms with Crippen LogP contribution in [0.2, 0.25) is 0 Å². The maximum atomic E-state index is 12.0. The summed E-state index contributed by atoms with van der Waals surface area (Å²) >= 11 is 0. The third kappa shape index (κ3) is 2.91. The Bertz CT molecular complexity index is 486. The Labute approximate surface area is 108 Å². The van der Waals surface area contributed by atoms with E-state index in [1.54, 1.807) is 0 Å². The van der Waals surface area contributed by atoms with E-state index in [1.165, 1.54) is 4.31 Å². The first-order valence-corrected chi connectivity index (χ1v) is 7.78. The number of benzene rings is 1. The topological polar surface area (TPSA) is 57.6 Å². The lowest BCUT2D eigenvalue weighted by atomic mass is 10.1. The summed E-state index contributed by atoms with van der Waals surface area (Å²) in [6, 6.07) is 9.33. The van der Waals surface area contributed by atoms with Gasteiger partial charge in [-0.15, -0.1) is 0 Å². The van der Waals surface area contributed by atoms with Crippen LogP contribution >= 0.6 is 0 Å². The monoisotopic (exact) mass is 269 g/mol. The number of hydrogen-bond acceptors (Lipinski definition) is 3. The van der Waals surface area contributed by atoms with Gasteiger partial charge in [0.15, 0.2) is 0 Å². The molecule has 5 heteroatoms. The van der Waals surface area contributed by atoms with Crippen LogP contribution in [0.1, 0.15) is 12.5 Å². The minimum absolute atomic E-state index is 0.138. The highest BCUT2D eigenvalue weighted by atomic mass is 32.2. The Balaban J connectivity index is 2.15. The smallest absolute Gasteiger partial charge is 0.214 e. The van der Waals surface area contributed by atoms with Gasteiger partial charge in [-0.05, 0) is 17.9 Å². The molecule has 1 unspecified atom stereocenters. The van der Waals surface area contributed by atoms with Crippen LogP contribution < -0.4 is 0 Å². The zero-order chi connectivity index (χ0) is 13.2. The quantitative estimate of drug-likeness (QED) is 0.882. The van der Waals surface area contributed by atoms with E-state index in [0.29, 0.717) is 13.0 Å². The van der Waals surface area contributed by atoms with Gasteiger partial charge < -0.3 is 5.11 Å². The van der Waals surface area contributed by atoms with E-state index in [9.17, 15) is 13.5 Å². The van der Waals surface area contributed by atoms with E-state index in [1.807, 2.05) is 37.3 Å². The lowest BCUT2D eigenvalue weighted by Crippen LogP contribution is -2.40. The molecule has 0 saturated carbocycles. The van der Waals surface area contributed by atoms with Crippen molar-refractivity contribution in [1.29, 1.82) is 0 Å². The number of nitrogens with zero attached hydrogens (tertiary/aromatic N) is 1. The van der Waals surface area contributed by atoms with Crippen LogP contribution in [0, 0.1) is 5.92 Å². The average Bonchev–Trinajstić information content (AvgIpc) is 2.61. The van der Waals surface area contributed by atoms with E-state index in [-0.39, 0.29) is 24.3 Å². The first-order valence-electron chi connectivity index (χ1n) is 6.17. The van der Waals surface area contributed by atoms with Crippen LogP contribution in [-0.2, 0) is 16.4 Å². The number of aliphatic hydroxyl groups excluding tert-OH is 1. The second kappa shape index (κ2) is 5.38. The molecule has 0 radical (unpaired) electrons. The number of rotatable bonds is 4. The highest BCUT2D eigenvalue weighted by Gasteiger charge is 2.37. The van der Waals surface area contributed by atoms with Crippen LogP contribution in [0.3, 0.4) is 0 Å². The van der Waals surface area contributed by atoms with Gasteiger partial charge in [0.1, 0.15) is 0 Å². The van der Waals surface area contributed by atoms with Crippen LogP contribution in [0.5, 0.6) is 0 Å². The molecular weight excluding hydrogens is 250 g/mol. The molecule has 4 nitrogen and oxygen atoms in total. The summed E-state index contributed by atoms with van der Waals surface area (Å²) in [5.74, 6) is 0.331. The van der Waals surface area contributed by atoms with Crippen molar-refractivity contribution < 1.29 is 13.5 Å². The van der Waals surface area contributed by atoms with E-state index in [0.717, 1.165) is 5.56 Å². The normalized spacial score (nSPS) is 25.1. The summed E-state index contributed by atoms with van der Waals surface area (Å²) < 4.78 is 25.4. The van der Waals surface area contributed by atoms with Crippen molar-refractivity contribution in [1.82, 2.24) is 4.31 Å². The summed E-state index contributed by atoms with van der Waals surface area (Å²) in [4.78, 5) is 0. The maximum Gasteiger partial charge on any atom is 0.214 e. The Morgan fingerprint density at radius 3 is 2.56 bits per heavy atom. The average molecular weight is 269 g/mol. The lowest BCUT2D eigenvalue weighted by Gasteiger charge is -2.24.